The van der Waals surface area contributed by atoms with Gasteiger partial charge in [-0.25, -0.2) is 4.68 Å². The molecule has 4 rings (SSSR count). The van der Waals surface area contributed by atoms with Crippen LogP contribution in [-0.2, 0) is 16.8 Å². The van der Waals surface area contributed by atoms with Crippen molar-refractivity contribution in [1.82, 2.24) is 35.0 Å². The highest BCUT2D eigenvalue weighted by Gasteiger charge is 2.49. The van der Waals surface area contributed by atoms with Gasteiger partial charge in [-0.15, -0.1) is 5.10 Å². The number of rotatable bonds is 7. The molecular formula is C21H31N7O. The van der Waals surface area contributed by atoms with Crippen molar-refractivity contribution in [3.8, 4) is 0 Å². The molecule has 1 aliphatic heterocycles. The van der Waals surface area contributed by atoms with E-state index in [0.29, 0.717) is 19.0 Å². The van der Waals surface area contributed by atoms with Crippen LogP contribution in [0.3, 0.4) is 0 Å². The third kappa shape index (κ3) is 3.77. The maximum absolute atomic E-state index is 13.0. The Morgan fingerprint density at radius 2 is 1.93 bits per heavy atom. The van der Waals surface area contributed by atoms with Crippen LogP contribution in [0, 0.1) is 0 Å². The van der Waals surface area contributed by atoms with Crippen LogP contribution >= 0.6 is 0 Å². The quantitative estimate of drug-likeness (QED) is 0.713. The van der Waals surface area contributed by atoms with E-state index >= 15 is 0 Å². The number of hydrogen-bond donors (Lipinski definition) is 0. The van der Waals surface area contributed by atoms with Gasteiger partial charge in [0.2, 0.25) is 5.91 Å². The van der Waals surface area contributed by atoms with E-state index in [4.69, 9.17) is 0 Å². The highest BCUT2D eigenvalue weighted by Crippen LogP contribution is 2.39. The lowest BCUT2D eigenvalue weighted by atomic mass is 9.94. The molecule has 1 unspecified atom stereocenters. The first-order valence-electron chi connectivity index (χ1n) is 10.9. The lowest BCUT2D eigenvalue weighted by Gasteiger charge is -2.39. The standard InChI is InChI=1S/C21H31N7O/c1-3-27(4-2)21(20-23-24-25-28(20)18-7-5-6-8-18)11-14-26(16-21)19(29)15-17-9-12-22-13-10-17/h9-10,12-13,18H,3-8,11,14-16H2,1-2H3. The van der Waals surface area contributed by atoms with Gasteiger partial charge >= 0.3 is 0 Å². The number of aromatic nitrogens is 5. The molecule has 1 aliphatic carbocycles. The van der Waals surface area contributed by atoms with Crippen LogP contribution in [0.25, 0.3) is 0 Å². The van der Waals surface area contributed by atoms with Gasteiger partial charge in [0.25, 0.3) is 0 Å². The van der Waals surface area contributed by atoms with Gasteiger partial charge in [-0.2, -0.15) is 0 Å². The predicted octanol–water partition coefficient (Wildman–Crippen LogP) is 2.20. The first-order valence-corrected chi connectivity index (χ1v) is 10.9. The summed E-state index contributed by atoms with van der Waals surface area (Å²) in [6.45, 7) is 7.54. The molecular weight excluding hydrogens is 366 g/mol. The van der Waals surface area contributed by atoms with Crippen LogP contribution in [-0.4, -0.2) is 67.1 Å². The van der Waals surface area contributed by atoms with Crippen molar-refractivity contribution >= 4 is 5.91 Å². The molecule has 8 nitrogen and oxygen atoms in total. The van der Waals surface area contributed by atoms with E-state index < -0.39 is 0 Å². The molecule has 0 aromatic carbocycles. The Balaban J connectivity index is 1.61. The zero-order valence-electron chi connectivity index (χ0n) is 17.5. The van der Waals surface area contributed by atoms with Gasteiger partial charge in [0, 0.05) is 25.5 Å². The van der Waals surface area contributed by atoms with Crippen LogP contribution in [0.1, 0.15) is 63.4 Å². The van der Waals surface area contributed by atoms with Gasteiger partial charge in [-0.05, 0) is 60.5 Å². The normalized spacial score (nSPS) is 22.7. The molecule has 2 aromatic heterocycles. The number of tetrazole rings is 1. The zero-order valence-corrected chi connectivity index (χ0v) is 17.5. The van der Waals surface area contributed by atoms with Crippen molar-refractivity contribution in [3.63, 3.8) is 0 Å². The molecule has 0 bridgehead atoms. The van der Waals surface area contributed by atoms with Crippen LogP contribution in [0.4, 0.5) is 0 Å². The van der Waals surface area contributed by atoms with E-state index in [2.05, 4.69) is 43.9 Å². The Hall–Kier alpha value is -2.35. The second-order valence-corrected chi connectivity index (χ2v) is 8.19. The number of likely N-dealkylation sites (N-methyl/N-ethyl adjacent to an activating group) is 1. The second-order valence-electron chi connectivity index (χ2n) is 8.19. The van der Waals surface area contributed by atoms with Crippen molar-refractivity contribution in [2.24, 2.45) is 0 Å². The third-order valence-electron chi connectivity index (χ3n) is 6.65. The zero-order chi connectivity index (χ0) is 20.3. The van der Waals surface area contributed by atoms with Gasteiger partial charge in [-0.3, -0.25) is 14.7 Å². The summed E-state index contributed by atoms with van der Waals surface area (Å²) in [5, 5.41) is 13.0. The number of carbonyl (C=O) groups excluding carboxylic acids is 1. The average molecular weight is 398 g/mol. The maximum atomic E-state index is 13.0. The summed E-state index contributed by atoms with van der Waals surface area (Å²) >= 11 is 0. The molecule has 29 heavy (non-hydrogen) atoms. The van der Waals surface area contributed by atoms with Crippen LogP contribution in [0.15, 0.2) is 24.5 Å². The molecule has 2 aromatic rings. The Labute approximate surface area is 172 Å². The maximum Gasteiger partial charge on any atom is 0.227 e. The molecule has 156 valence electrons. The Bertz CT molecular complexity index is 813. The van der Waals surface area contributed by atoms with Crippen molar-refractivity contribution in [3.05, 3.63) is 35.9 Å². The van der Waals surface area contributed by atoms with Crippen LogP contribution in [0.2, 0.25) is 0 Å². The molecule has 2 aliphatic rings. The third-order valence-corrected chi connectivity index (χ3v) is 6.65. The Morgan fingerprint density at radius 3 is 2.62 bits per heavy atom. The molecule has 1 atom stereocenters. The Morgan fingerprint density at radius 1 is 1.21 bits per heavy atom. The van der Waals surface area contributed by atoms with E-state index in [0.717, 1.165) is 50.3 Å². The monoisotopic (exact) mass is 397 g/mol. The average Bonchev–Trinajstić information content (AvgIpc) is 3.49. The minimum atomic E-state index is -0.316. The van der Waals surface area contributed by atoms with E-state index in [1.165, 1.54) is 12.8 Å². The van der Waals surface area contributed by atoms with E-state index in [-0.39, 0.29) is 11.4 Å². The fraction of sp³-hybridized carbons (Fsp3) is 0.667. The minimum absolute atomic E-state index is 0.158. The van der Waals surface area contributed by atoms with Gasteiger partial charge < -0.3 is 4.90 Å². The molecule has 1 amide bonds. The molecule has 8 heteroatoms. The molecule has 2 fully saturated rings. The highest BCUT2D eigenvalue weighted by atomic mass is 16.2. The highest BCUT2D eigenvalue weighted by molar-refractivity contribution is 5.79. The van der Waals surface area contributed by atoms with Crippen molar-refractivity contribution in [2.75, 3.05) is 26.2 Å². The van der Waals surface area contributed by atoms with Gasteiger partial charge in [0.05, 0.1) is 12.5 Å². The lowest BCUT2D eigenvalue weighted by molar-refractivity contribution is -0.130. The number of nitrogens with zero attached hydrogens (tertiary/aromatic N) is 7. The first-order chi connectivity index (χ1) is 14.2. The number of hydrogen-bond acceptors (Lipinski definition) is 6. The van der Waals surface area contributed by atoms with Gasteiger partial charge in [0.1, 0.15) is 5.54 Å². The van der Waals surface area contributed by atoms with E-state index in [1.807, 2.05) is 17.0 Å². The van der Waals surface area contributed by atoms with E-state index in [9.17, 15) is 4.79 Å². The van der Waals surface area contributed by atoms with Crippen LogP contribution < -0.4 is 0 Å². The summed E-state index contributed by atoms with van der Waals surface area (Å²) in [6.07, 6.45) is 9.49. The minimum Gasteiger partial charge on any atom is -0.340 e. The van der Waals surface area contributed by atoms with Gasteiger partial charge in [-0.1, -0.05) is 26.7 Å². The number of likely N-dealkylation sites (tertiary alicyclic amines) is 1. The summed E-state index contributed by atoms with van der Waals surface area (Å²) in [7, 11) is 0. The van der Waals surface area contributed by atoms with Gasteiger partial charge in [0.15, 0.2) is 5.82 Å². The molecule has 1 saturated carbocycles. The summed E-state index contributed by atoms with van der Waals surface area (Å²) < 4.78 is 2.07. The predicted molar refractivity (Wildman–Crippen MR) is 109 cm³/mol. The molecule has 3 heterocycles. The molecule has 0 N–H and O–H groups in total. The second kappa shape index (κ2) is 8.57. The largest absolute Gasteiger partial charge is 0.340 e. The lowest BCUT2D eigenvalue weighted by Crippen LogP contribution is -2.50. The summed E-state index contributed by atoms with van der Waals surface area (Å²) in [4.78, 5) is 21.5. The SMILES string of the molecule is CCN(CC)C1(c2nnnn2C2CCCC2)CCN(C(=O)Cc2ccncc2)C1. The number of amides is 1. The molecule has 0 radical (unpaired) electrons. The number of pyridine rings is 1. The molecule has 0 spiro atoms. The van der Waals surface area contributed by atoms with Crippen molar-refractivity contribution < 1.29 is 4.79 Å². The van der Waals surface area contributed by atoms with Crippen molar-refractivity contribution in [1.29, 1.82) is 0 Å². The fourth-order valence-electron chi connectivity index (χ4n) is 5.10. The van der Waals surface area contributed by atoms with Crippen LogP contribution in [0.5, 0.6) is 0 Å². The summed E-state index contributed by atoms with van der Waals surface area (Å²) in [6, 6.07) is 4.20. The van der Waals surface area contributed by atoms with E-state index in [1.54, 1.807) is 12.4 Å². The number of carbonyl (C=O) groups is 1. The smallest absolute Gasteiger partial charge is 0.227 e. The summed E-state index contributed by atoms with van der Waals surface area (Å²) in [5.74, 6) is 1.09. The summed E-state index contributed by atoms with van der Waals surface area (Å²) in [5.41, 5.74) is 0.685. The van der Waals surface area contributed by atoms with Crippen molar-refractivity contribution in [2.45, 2.75) is 64.0 Å². The topological polar surface area (TPSA) is 80.0 Å². The molecule has 1 saturated heterocycles. The first kappa shape index (κ1) is 19.9. The Kier molecular flexibility index (Phi) is 5.89. The fourth-order valence-corrected chi connectivity index (χ4v) is 5.10.